The molecule has 2 aromatic rings. The van der Waals surface area contributed by atoms with Gasteiger partial charge in [-0.05, 0) is 39.7 Å². The van der Waals surface area contributed by atoms with E-state index in [-0.39, 0.29) is 6.61 Å². The van der Waals surface area contributed by atoms with Crippen LogP contribution in [0.25, 0.3) is 0 Å². The highest BCUT2D eigenvalue weighted by molar-refractivity contribution is 9.10. The largest absolute Gasteiger partial charge is 0.457 e. The zero-order valence-electron chi connectivity index (χ0n) is 9.60. The maximum absolute atomic E-state index is 11.9. The summed E-state index contributed by atoms with van der Waals surface area (Å²) < 4.78 is 5.90. The number of halogens is 1. The van der Waals surface area contributed by atoms with Crippen LogP contribution in [0.1, 0.15) is 15.9 Å². The maximum Gasteiger partial charge on any atom is 0.339 e. The maximum atomic E-state index is 11.9. The molecular weight excluding hydrogens is 294 g/mol. The fraction of sp³-hybridized carbons (Fsp3) is 0.0714. The fourth-order valence-corrected chi connectivity index (χ4v) is 1.91. The number of benzene rings is 2. The molecule has 2 rings (SSSR count). The highest BCUT2D eigenvalue weighted by Gasteiger charge is 2.11. The average Bonchev–Trinajstić information content (AvgIpc) is 2.40. The topological polar surface area (TPSA) is 52.3 Å². The third-order valence-corrected chi connectivity index (χ3v) is 3.11. The van der Waals surface area contributed by atoms with Gasteiger partial charge >= 0.3 is 5.97 Å². The van der Waals surface area contributed by atoms with Crippen LogP contribution in [0.2, 0.25) is 0 Å². The van der Waals surface area contributed by atoms with Gasteiger partial charge in [-0.15, -0.1) is 0 Å². The predicted octanol–water partition coefficient (Wildman–Crippen LogP) is 3.39. The lowest BCUT2D eigenvalue weighted by Crippen LogP contribution is -2.06. The van der Waals surface area contributed by atoms with Crippen LogP contribution in [0, 0.1) is 0 Å². The number of ether oxygens (including phenoxy) is 1. The minimum atomic E-state index is -0.391. The quantitative estimate of drug-likeness (QED) is 0.698. The molecule has 0 amide bonds. The number of nitrogens with two attached hydrogens (primary N) is 1. The van der Waals surface area contributed by atoms with E-state index in [1.165, 1.54) is 0 Å². The Bertz CT molecular complexity index is 555. The third kappa shape index (κ3) is 3.11. The van der Waals surface area contributed by atoms with Crippen molar-refractivity contribution in [2.45, 2.75) is 6.61 Å². The summed E-state index contributed by atoms with van der Waals surface area (Å²) in [6.07, 6.45) is 0. The molecule has 0 bridgehead atoms. The summed E-state index contributed by atoms with van der Waals surface area (Å²) in [6, 6.07) is 14.6. The number of esters is 1. The zero-order valence-corrected chi connectivity index (χ0v) is 11.2. The summed E-state index contributed by atoms with van der Waals surface area (Å²) in [6.45, 7) is 0.251. The van der Waals surface area contributed by atoms with Crippen LogP contribution in [-0.2, 0) is 11.3 Å². The number of carbonyl (C=O) groups is 1. The summed E-state index contributed by atoms with van der Waals surface area (Å²) >= 11 is 3.30. The summed E-state index contributed by atoms with van der Waals surface area (Å²) in [5, 5.41) is 0. The number of carbonyl (C=O) groups excluding carboxylic acids is 1. The van der Waals surface area contributed by atoms with Crippen LogP contribution in [0.15, 0.2) is 53.0 Å². The minimum Gasteiger partial charge on any atom is -0.457 e. The summed E-state index contributed by atoms with van der Waals surface area (Å²) in [4.78, 5) is 11.9. The van der Waals surface area contributed by atoms with Crippen LogP contribution < -0.4 is 5.73 Å². The normalized spacial score (nSPS) is 10.1. The summed E-state index contributed by atoms with van der Waals surface area (Å²) in [7, 11) is 0. The van der Waals surface area contributed by atoms with Crippen molar-refractivity contribution < 1.29 is 9.53 Å². The van der Waals surface area contributed by atoms with E-state index in [1.54, 1.807) is 18.2 Å². The van der Waals surface area contributed by atoms with Crippen molar-refractivity contribution in [3.05, 3.63) is 64.1 Å². The molecule has 18 heavy (non-hydrogen) atoms. The molecule has 0 aliphatic rings. The van der Waals surface area contributed by atoms with E-state index in [4.69, 9.17) is 10.5 Å². The average molecular weight is 306 g/mol. The number of hydrogen-bond donors (Lipinski definition) is 1. The molecule has 0 radical (unpaired) electrons. The highest BCUT2D eigenvalue weighted by Crippen LogP contribution is 2.20. The standard InChI is InChI=1S/C14H12BrNO2/c15-13-7-6-11(16)8-12(13)14(17)18-9-10-4-2-1-3-5-10/h1-8H,9,16H2. The molecule has 0 fully saturated rings. The van der Waals surface area contributed by atoms with Crippen molar-refractivity contribution in [1.82, 2.24) is 0 Å². The molecule has 0 unspecified atom stereocenters. The van der Waals surface area contributed by atoms with Crippen molar-refractivity contribution in [2.75, 3.05) is 5.73 Å². The van der Waals surface area contributed by atoms with Gasteiger partial charge in [-0.2, -0.15) is 0 Å². The van der Waals surface area contributed by atoms with Crippen LogP contribution >= 0.6 is 15.9 Å². The second-order valence-corrected chi connectivity index (χ2v) is 4.66. The second kappa shape index (κ2) is 5.69. The van der Waals surface area contributed by atoms with Gasteiger partial charge in [-0.3, -0.25) is 0 Å². The molecular formula is C14H12BrNO2. The van der Waals surface area contributed by atoms with Gasteiger partial charge < -0.3 is 10.5 Å². The number of anilines is 1. The van der Waals surface area contributed by atoms with Gasteiger partial charge in [0.2, 0.25) is 0 Å². The van der Waals surface area contributed by atoms with E-state index in [1.807, 2.05) is 30.3 Å². The Balaban J connectivity index is 2.06. The van der Waals surface area contributed by atoms with Crippen LogP contribution in [0.4, 0.5) is 5.69 Å². The Labute approximate surface area is 114 Å². The zero-order chi connectivity index (χ0) is 13.0. The summed E-state index contributed by atoms with van der Waals surface area (Å²) in [5.41, 5.74) is 7.56. The lowest BCUT2D eigenvalue weighted by Gasteiger charge is -2.07. The van der Waals surface area contributed by atoms with Crippen molar-refractivity contribution in [1.29, 1.82) is 0 Å². The first kappa shape index (κ1) is 12.6. The molecule has 0 saturated carbocycles. The van der Waals surface area contributed by atoms with Gasteiger partial charge in [0.05, 0.1) is 5.56 Å². The van der Waals surface area contributed by atoms with Gasteiger partial charge in [0.1, 0.15) is 6.61 Å². The first-order chi connectivity index (χ1) is 8.66. The fourth-order valence-electron chi connectivity index (χ4n) is 1.50. The van der Waals surface area contributed by atoms with Gasteiger partial charge in [-0.1, -0.05) is 30.3 Å². The molecule has 2 N–H and O–H groups in total. The van der Waals surface area contributed by atoms with E-state index in [0.29, 0.717) is 15.7 Å². The van der Waals surface area contributed by atoms with E-state index in [0.717, 1.165) is 5.56 Å². The number of nitrogen functional groups attached to an aromatic ring is 1. The predicted molar refractivity (Wildman–Crippen MR) is 74.1 cm³/mol. The molecule has 0 spiro atoms. The molecule has 0 heterocycles. The van der Waals surface area contributed by atoms with Crippen LogP contribution in [0.3, 0.4) is 0 Å². The molecule has 4 heteroatoms. The molecule has 0 aliphatic carbocycles. The Kier molecular flexibility index (Phi) is 3.99. The Hall–Kier alpha value is -1.81. The lowest BCUT2D eigenvalue weighted by molar-refractivity contribution is 0.0471. The SMILES string of the molecule is Nc1ccc(Br)c(C(=O)OCc2ccccc2)c1. The Morgan fingerprint density at radius 1 is 1.17 bits per heavy atom. The summed E-state index contributed by atoms with van der Waals surface area (Å²) in [5.74, 6) is -0.391. The highest BCUT2D eigenvalue weighted by atomic mass is 79.9. The van der Waals surface area contributed by atoms with Gasteiger partial charge in [0.25, 0.3) is 0 Å². The molecule has 92 valence electrons. The van der Waals surface area contributed by atoms with Crippen molar-refractivity contribution >= 4 is 27.6 Å². The van der Waals surface area contributed by atoms with Crippen molar-refractivity contribution in [2.24, 2.45) is 0 Å². The van der Waals surface area contributed by atoms with Gasteiger partial charge in [-0.25, -0.2) is 4.79 Å². The molecule has 3 nitrogen and oxygen atoms in total. The molecule has 0 aromatic heterocycles. The van der Waals surface area contributed by atoms with Crippen molar-refractivity contribution in [3.8, 4) is 0 Å². The minimum absolute atomic E-state index is 0.251. The van der Waals surface area contributed by atoms with E-state index in [9.17, 15) is 4.79 Å². The molecule has 2 aromatic carbocycles. The van der Waals surface area contributed by atoms with Crippen LogP contribution in [-0.4, -0.2) is 5.97 Å². The first-order valence-electron chi connectivity index (χ1n) is 5.43. The number of rotatable bonds is 3. The first-order valence-corrected chi connectivity index (χ1v) is 6.22. The second-order valence-electron chi connectivity index (χ2n) is 3.80. The molecule has 0 saturated heterocycles. The van der Waals surface area contributed by atoms with Crippen LogP contribution in [0.5, 0.6) is 0 Å². The van der Waals surface area contributed by atoms with E-state index in [2.05, 4.69) is 15.9 Å². The molecule has 0 atom stereocenters. The van der Waals surface area contributed by atoms with Crippen molar-refractivity contribution in [3.63, 3.8) is 0 Å². The van der Waals surface area contributed by atoms with Gasteiger partial charge in [0, 0.05) is 10.2 Å². The number of hydrogen-bond acceptors (Lipinski definition) is 3. The van der Waals surface area contributed by atoms with E-state index < -0.39 is 5.97 Å². The lowest BCUT2D eigenvalue weighted by atomic mass is 10.2. The monoisotopic (exact) mass is 305 g/mol. The van der Waals surface area contributed by atoms with Gasteiger partial charge in [0.15, 0.2) is 0 Å². The van der Waals surface area contributed by atoms with E-state index >= 15 is 0 Å². The molecule has 0 aliphatic heterocycles. The Morgan fingerprint density at radius 2 is 1.89 bits per heavy atom. The smallest absolute Gasteiger partial charge is 0.339 e. The third-order valence-electron chi connectivity index (χ3n) is 2.42. The Morgan fingerprint density at radius 3 is 2.61 bits per heavy atom.